The molecule has 0 amide bonds. The Morgan fingerprint density at radius 3 is 2.04 bits per heavy atom. The van der Waals surface area contributed by atoms with Crippen LogP contribution in [0, 0.1) is 0 Å². The van der Waals surface area contributed by atoms with Gasteiger partial charge < -0.3 is 24.8 Å². The first-order valence-corrected chi connectivity index (χ1v) is 9.27. The maximum absolute atomic E-state index is 5.48. The number of guanidine groups is 1. The van der Waals surface area contributed by atoms with E-state index < -0.39 is 0 Å². The standard InChI is InChI=1S/C19H27N3O3S.HI/c1-6-14-7-8-15(26-14)11-21-19(20-2)22-12-16-17(24-4)9-13(23-3)10-18(16)25-5;/h7-10H,6,11-12H2,1-5H3,(H2,20,21,22);1H. The summed E-state index contributed by atoms with van der Waals surface area (Å²) in [4.78, 5) is 6.95. The lowest BCUT2D eigenvalue weighted by molar-refractivity contribution is 0.368. The quantitative estimate of drug-likeness (QED) is 0.325. The van der Waals surface area contributed by atoms with E-state index in [2.05, 4.69) is 34.7 Å². The summed E-state index contributed by atoms with van der Waals surface area (Å²) < 4.78 is 16.2. The van der Waals surface area contributed by atoms with E-state index in [9.17, 15) is 0 Å². The normalized spacial score (nSPS) is 10.8. The van der Waals surface area contributed by atoms with Crippen LogP contribution in [-0.4, -0.2) is 34.3 Å². The third-order valence-corrected chi connectivity index (χ3v) is 5.20. The van der Waals surface area contributed by atoms with Crippen molar-refractivity contribution in [3.63, 3.8) is 0 Å². The van der Waals surface area contributed by atoms with Crippen LogP contribution in [0.4, 0.5) is 0 Å². The van der Waals surface area contributed by atoms with E-state index in [1.807, 2.05) is 23.5 Å². The largest absolute Gasteiger partial charge is 0.496 e. The van der Waals surface area contributed by atoms with Crippen molar-refractivity contribution in [3.05, 3.63) is 39.6 Å². The molecule has 0 saturated heterocycles. The molecule has 0 aliphatic rings. The van der Waals surface area contributed by atoms with Crippen molar-refractivity contribution < 1.29 is 14.2 Å². The molecular formula is C19H28IN3O3S. The molecule has 8 heteroatoms. The third kappa shape index (κ3) is 6.46. The predicted octanol–water partition coefficient (Wildman–Crippen LogP) is 3.82. The number of halogens is 1. The van der Waals surface area contributed by atoms with E-state index in [1.54, 1.807) is 28.4 Å². The molecule has 1 heterocycles. The Morgan fingerprint density at radius 1 is 0.963 bits per heavy atom. The number of aliphatic imine (C=N–C) groups is 1. The highest BCUT2D eigenvalue weighted by atomic mass is 127. The molecule has 0 fully saturated rings. The number of nitrogens with zero attached hydrogens (tertiary/aromatic N) is 1. The fourth-order valence-corrected chi connectivity index (χ4v) is 3.42. The lowest BCUT2D eigenvalue weighted by Crippen LogP contribution is -2.36. The van der Waals surface area contributed by atoms with Crippen LogP contribution in [0.5, 0.6) is 17.2 Å². The molecule has 0 radical (unpaired) electrons. The molecule has 1 aromatic carbocycles. The molecule has 6 nitrogen and oxygen atoms in total. The molecule has 2 aromatic rings. The molecule has 150 valence electrons. The minimum Gasteiger partial charge on any atom is -0.496 e. The monoisotopic (exact) mass is 505 g/mol. The van der Waals surface area contributed by atoms with Crippen molar-refractivity contribution in [1.29, 1.82) is 0 Å². The van der Waals surface area contributed by atoms with E-state index in [4.69, 9.17) is 14.2 Å². The number of ether oxygens (including phenoxy) is 3. The summed E-state index contributed by atoms with van der Waals surface area (Å²) >= 11 is 1.82. The van der Waals surface area contributed by atoms with Gasteiger partial charge in [-0.3, -0.25) is 4.99 Å². The first-order chi connectivity index (χ1) is 12.6. The molecule has 0 aliphatic carbocycles. The van der Waals surface area contributed by atoms with Gasteiger partial charge in [-0.15, -0.1) is 35.3 Å². The number of thiophene rings is 1. The smallest absolute Gasteiger partial charge is 0.191 e. The molecular weight excluding hydrogens is 477 g/mol. The molecule has 2 rings (SSSR count). The number of rotatable bonds is 8. The lowest BCUT2D eigenvalue weighted by Gasteiger charge is -2.17. The van der Waals surface area contributed by atoms with Gasteiger partial charge in [-0.05, 0) is 18.6 Å². The van der Waals surface area contributed by atoms with Crippen molar-refractivity contribution in [2.75, 3.05) is 28.4 Å². The van der Waals surface area contributed by atoms with Gasteiger partial charge in [0.1, 0.15) is 17.2 Å². The maximum atomic E-state index is 5.48. The minimum absolute atomic E-state index is 0. The lowest BCUT2D eigenvalue weighted by atomic mass is 10.1. The summed E-state index contributed by atoms with van der Waals surface area (Å²) in [5.74, 6) is 2.82. The molecule has 0 aliphatic heterocycles. The van der Waals surface area contributed by atoms with Crippen LogP contribution in [-0.2, 0) is 19.5 Å². The fraction of sp³-hybridized carbons (Fsp3) is 0.421. The first-order valence-electron chi connectivity index (χ1n) is 8.46. The summed E-state index contributed by atoms with van der Waals surface area (Å²) in [6, 6.07) is 8.01. The van der Waals surface area contributed by atoms with Crippen molar-refractivity contribution >= 4 is 41.3 Å². The van der Waals surface area contributed by atoms with Gasteiger partial charge >= 0.3 is 0 Å². The molecule has 27 heavy (non-hydrogen) atoms. The summed E-state index contributed by atoms with van der Waals surface area (Å²) in [7, 11) is 6.63. The van der Waals surface area contributed by atoms with E-state index in [1.165, 1.54) is 9.75 Å². The third-order valence-electron chi connectivity index (χ3n) is 3.97. The van der Waals surface area contributed by atoms with E-state index in [0.717, 1.165) is 24.5 Å². The zero-order valence-corrected chi connectivity index (χ0v) is 19.6. The first kappa shape index (κ1) is 23.4. The van der Waals surface area contributed by atoms with E-state index in [0.29, 0.717) is 23.8 Å². The second-order valence-electron chi connectivity index (χ2n) is 5.51. The summed E-state index contributed by atoms with van der Waals surface area (Å²) in [5.41, 5.74) is 0.906. The Balaban J connectivity index is 0.00000364. The Kier molecular flexibility index (Phi) is 10.3. The molecule has 0 spiro atoms. The summed E-state index contributed by atoms with van der Waals surface area (Å²) in [5, 5.41) is 6.64. The van der Waals surface area contributed by atoms with Gasteiger partial charge in [0.15, 0.2) is 5.96 Å². The number of benzene rings is 1. The van der Waals surface area contributed by atoms with Crippen LogP contribution < -0.4 is 24.8 Å². The molecule has 1 aromatic heterocycles. The number of hydrogen-bond donors (Lipinski definition) is 2. The second kappa shape index (κ2) is 11.9. The van der Waals surface area contributed by atoms with Gasteiger partial charge in [-0.25, -0.2) is 0 Å². The minimum atomic E-state index is 0. The Hall–Kier alpha value is -1.68. The summed E-state index contributed by atoms with van der Waals surface area (Å²) in [6.45, 7) is 3.42. The van der Waals surface area contributed by atoms with Crippen LogP contribution >= 0.6 is 35.3 Å². The van der Waals surface area contributed by atoms with Gasteiger partial charge in [-0.1, -0.05) is 6.92 Å². The average Bonchev–Trinajstić information content (AvgIpc) is 3.15. The topological polar surface area (TPSA) is 64.1 Å². The summed E-state index contributed by atoms with van der Waals surface area (Å²) in [6.07, 6.45) is 1.06. The Morgan fingerprint density at radius 2 is 1.56 bits per heavy atom. The van der Waals surface area contributed by atoms with E-state index >= 15 is 0 Å². The average molecular weight is 505 g/mol. The fourth-order valence-electron chi connectivity index (χ4n) is 2.52. The zero-order chi connectivity index (χ0) is 18.9. The number of nitrogens with one attached hydrogen (secondary N) is 2. The molecule has 0 atom stereocenters. The molecule has 0 unspecified atom stereocenters. The zero-order valence-electron chi connectivity index (χ0n) is 16.4. The van der Waals surface area contributed by atoms with Crippen LogP contribution in [0.1, 0.15) is 22.2 Å². The highest BCUT2D eigenvalue weighted by Gasteiger charge is 2.13. The van der Waals surface area contributed by atoms with Gasteiger partial charge in [0.05, 0.1) is 40.0 Å². The SMILES string of the molecule is CCc1ccc(CNC(=NC)NCc2c(OC)cc(OC)cc2OC)s1.I. The maximum Gasteiger partial charge on any atom is 0.191 e. The van der Waals surface area contributed by atoms with Crippen LogP contribution in [0.3, 0.4) is 0 Å². The molecule has 2 N–H and O–H groups in total. The number of hydrogen-bond acceptors (Lipinski definition) is 5. The van der Waals surface area contributed by atoms with E-state index in [-0.39, 0.29) is 24.0 Å². The van der Waals surface area contributed by atoms with Crippen molar-refractivity contribution in [3.8, 4) is 17.2 Å². The highest BCUT2D eigenvalue weighted by Crippen LogP contribution is 2.33. The number of aryl methyl sites for hydroxylation is 1. The number of methoxy groups -OCH3 is 3. The van der Waals surface area contributed by atoms with Crippen LogP contribution in [0.25, 0.3) is 0 Å². The molecule has 0 saturated carbocycles. The van der Waals surface area contributed by atoms with Crippen LogP contribution in [0.15, 0.2) is 29.3 Å². The van der Waals surface area contributed by atoms with Crippen molar-refractivity contribution in [2.24, 2.45) is 4.99 Å². The van der Waals surface area contributed by atoms with Crippen molar-refractivity contribution in [1.82, 2.24) is 10.6 Å². The van der Waals surface area contributed by atoms with Gasteiger partial charge in [0, 0.05) is 28.9 Å². The van der Waals surface area contributed by atoms with Crippen LogP contribution in [0.2, 0.25) is 0 Å². The van der Waals surface area contributed by atoms with Gasteiger partial charge in [0.25, 0.3) is 0 Å². The van der Waals surface area contributed by atoms with Crippen molar-refractivity contribution in [2.45, 2.75) is 26.4 Å². The Labute approximate surface area is 182 Å². The molecule has 0 bridgehead atoms. The predicted molar refractivity (Wildman–Crippen MR) is 122 cm³/mol. The Bertz CT molecular complexity index is 725. The van der Waals surface area contributed by atoms with Gasteiger partial charge in [-0.2, -0.15) is 0 Å². The van der Waals surface area contributed by atoms with Gasteiger partial charge in [0.2, 0.25) is 0 Å². The highest BCUT2D eigenvalue weighted by molar-refractivity contribution is 14.0. The second-order valence-corrected chi connectivity index (χ2v) is 6.76.